The monoisotopic (exact) mass is 289 g/mol. The van der Waals surface area contributed by atoms with Crippen LogP contribution >= 0.6 is 11.6 Å². The summed E-state index contributed by atoms with van der Waals surface area (Å²) in [6.45, 7) is 0.596. The van der Waals surface area contributed by atoms with Crippen molar-refractivity contribution >= 4 is 11.6 Å². The Bertz CT molecular complexity index is 641. The second-order valence-electron chi connectivity index (χ2n) is 5.57. The summed E-state index contributed by atoms with van der Waals surface area (Å²) in [5.74, 6) is -0.371. The van der Waals surface area contributed by atoms with E-state index in [0.717, 1.165) is 24.8 Å². The highest BCUT2D eigenvalue weighted by molar-refractivity contribution is 6.30. The lowest BCUT2D eigenvalue weighted by Crippen LogP contribution is -2.35. The molecule has 3 rings (SSSR count). The molecule has 0 fully saturated rings. The van der Waals surface area contributed by atoms with Gasteiger partial charge in [-0.2, -0.15) is 0 Å². The lowest BCUT2D eigenvalue weighted by molar-refractivity contribution is 0.431. The zero-order valence-corrected chi connectivity index (χ0v) is 12.0. The van der Waals surface area contributed by atoms with Gasteiger partial charge in [-0.1, -0.05) is 41.9 Å². The number of nitrogens with two attached hydrogens (primary N) is 1. The number of hydrogen-bond acceptors (Lipinski definition) is 1. The van der Waals surface area contributed by atoms with Gasteiger partial charge in [0.15, 0.2) is 0 Å². The largest absolute Gasteiger partial charge is 0.330 e. The predicted molar refractivity (Wildman–Crippen MR) is 80.6 cm³/mol. The molecule has 2 aromatic rings. The second-order valence-corrected chi connectivity index (χ2v) is 5.97. The van der Waals surface area contributed by atoms with E-state index >= 15 is 0 Å². The molecule has 0 saturated heterocycles. The van der Waals surface area contributed by atoms with E-state index in [1.165, 1.54) is 17.2 Å². The van der Waals surface area contributed by atoms with Crippen LogP contribution in [0.2, 0.25) is 5.02 Å². The smallest absolute Gasteiger partial charge is 0.141 e. The highest BCUT2D eigenvalue weighted by atomic mass is 35.5. The molecule has 104 valence electrons. The number of hydrogen-bond donors (Lipinski definition) is 1. The van der Waals surface area contributed by atoms with E-state index in [4.69, 9.17) is 17.3 Å². The summed E-state index contributed by atoms with van der Waals surface area (Å²) in [4.78, 5) is 0. The van der Waals surface area contributed by atoms with Crippen molar-refractivity contribution in [2.24, 2.45) is 5.73 Å². The van der Waals surface area contributed by atoms with Crippen molar-refractivity contribution in [3.05, 3.63) is 70.0 Å². The van der Waals surface area contributed by atoms with Crippen LogP contribution in [0.4, 0.5) is 4.39 Å². The van der Waals surface area contributed by atoms with Gasteiger partial charge in [-0.15, -0.1) is 0 Å². The van der Waals surface area contributed by atoms with Gasteiger partial charge in [-0.3, -0.25) is 0 Å². The zero-order valence-electron chi connectivity index (χ0n) is 11.2. The summed E-state index contributed by atoms with van der Waals surface area (Å²) in [6.07, 6.45) is 2.90. The first-order valence-corrected chi connectivity index (χ1v) is 7.25. The maximum absolute atomic E-state index is 13.3. The molecule has 2 N–H and O–H groups in total. The highest BCUT2D eigenvalue weighted by Crippen LogP contribution is 2.41. The molecule has 1 atom stereocenters. The summed E-state index contributed by atoms with van der Waals surface area (Å²) in [6, 6.07) is 13.4. The summed E-state index contributed by atoms with van der Waals surface area (Å²) >= 11 is 5.88. The number of aryl methyl sites for hydroxylation is 1. The first-order chi connectivity index (χ1) is 9.64. The standard InChI is InChI=1S/C17H17ClFN/c18-15-9-12(5-6-16(15)19)10-17(11-20)8-7-13-3-1-2-4-14(13)17/h1-6,9H,7-8,10-11,20H2. The molecule has 20 heavy (non-hydrogen) atoms. The summed E-state index contributed by atoms with van der Waals surface area (Å²) in [7, 11) is 0. The van der Waals surface area contributed by atoms with Gasteiger partial charge in [-0.05, 0) is 48.1 Å². The number of rotatable bonds is 3. The molecule has 1 nitrogen and oxygen atoms in total. The van der Waals surface area contributed by atoms with Gasteiger partial charge in [-0.25, -0.2) is 4.39 Å². The minimum Gasteiger partial charge on any atom is -0.330 e. The Morgan fingerprint density at radius 3 is 2.75 bits per heavy atom. The molecule has 0 bridgehead atoms. The number of benzene rings is 2. The molecule has 1 aliphatic carbocycles. The van der Waals surface area contributed by atoms with Crippen molar-refractivity contribution in [1.82, 2.24) is 0 Å². The lowest BCUT2D eigenvalue weighted by atomic mass is 9.76. The molecule has 1 aliphatic rings. The Balaban J connectivity index is 1.97. The maximum atomic E-state index is 13.3. The van der Waals surface area contributed by atoms with Gasteiger partial charge in [0.25, 0.3) is 0 Å². The normalized spacial score (nSPS) is 20.9. The molecular weight excluding hydrogens is 273 g/mol. The van der Waals surface area contributed by atoms with E-state index in [0.29, 0.717) is 6.54 Å². The first kappa shape index (κ1) is 13.6. The SMILES string of the molecule is NCC1(Cc2ccc(F)c(Cl)c2)CCc2ccccc21. The molecule has 0 spiro atoms. The summed E-state index contributed by atoms with van der Waals surface area (Å²) in [5.41, 5.74) is 9.81. The molecule has 3 heteroatoms. The lowest BCUT2D eigenvalue weighted by Gasteiger charge is -2.29. The van der Waals surface area contributed by atoms with Crippen LogP contribution in [0.25, 0.3) is 0 Å². The van der Waals surface area contributed by atoms with Crippen LogP contribution in [-0.2, 0) is 18.3 Å². The fourth-order valence-corrected chi connectivity index (χ4v) is 3.48. The van der Waals surface area contributed by atoms with E-state index in [2.05, 4.69) is 24.3 Å². The number of halogens is 2. The van der Waals surface area contributed by atoms with Crippen LogP contribution in [0.5, 0.6) is 0 Å². The average molecular weight is 290 g/mol. The predicted octanol–water partition coefficient (Wildman–Crippen LogP) is 3.86. The Labute approximate surface area is 123 Å². The number of fused-ring (bicyclic) bond motifs is 1. The van der Waals surface area contributed by atoms with Gasteiger partial charge in [0, 0.05) is 12.0 Å². The van der Waals surface area contributed by atoms with Crippen molar-refractivity contribution in [2.45, 2.75) is 24.7 Å². The van der Waals surface area contributed by atoms with Crippen LogP contribution in [-0.4, -0.2) is 6.54 Å². The third-order valence-electron chi connectivity index (χ3n) is 4.38. The van der Waals surface area contributed by atoms with E-state index in [1.54, 1.807) is 12.1 Å². The van der Waals surface area contributed by atoms with Gasteiger partial charge >= 0.3 is 0 Å². The van der Waals surface area contributed by atoms with E-state index in [1.807, 2.05) is 0 Å². The topological polar surface area (TPSA) is 26.0 Å². The van der Waals surface area contributed by atoms with Gasteiger partial charge < -0.3 is 5.73 Å². The van der Waals surface area contributed by atoms with Crippen molar-refractivity contribution in [3.8, 4) is 0 Å². The minimum atomic E-state index is -0.371. The Kier molecular flexibility index (Phi) is 3.53. The van der Waals surface area contributed by atoms with Crippen molar-refractivity contribution < 1.29 is 4.39 Å². The van der Waals surface area contributed by atoms with Crippen molar-refractivity contribution in [3.63, 3.8) is 0 Å². The van der Waals surface area contributed by atoms with Crippen LogP contribution in [0, 0.1) is 5.82 Å². The Morgan fingerprint density at radius 1 is 1.20 bits per heavy atom. The van der Waals surface area contributed by atoms with Crippen LogP contribution in [0.15, 0.2) is 42.5 Å². The van der Waals surface area contributed by atoms with Gasteiger partial charge in [0.05, 0.1) is 5.02 Å². The third kappa shape index (κ3) is 2.23. The summed E-state index contributed by atoms with van der Waals surface area (Å²) < 4.78 is 13.3. The molecule has 0 radical (unpaired) electrons. The van der Waals surface area contributed by atoms with E-state index in [-0.39, 0.29) is 16.3 Å². The molecule has 0 heterocycles. The second kappa shape index (κ2) is 5.19. The first-order valence-electron chi connectivity index (χ1n) is 6.87. The fourth-order valence-electron chi connectivity index (χ4n) is 3.27. The van der Waals surface area contributed by atoms with Crippen molar-refractivity contribution in [1.29, 1.82) is 0 Å². The quantitative estimate of drug-likeness (QED) is 0.912. The van der Waals surface area contributed by atoms with E-state index < -0.39 is 0 Å². The van der Waals surface area contributed by atoms with Crippen LogP contribution in [0.3, 0.4) is 0 Å². The molecule has 0 aromatic heterocycles. The molecule has 0 amide bonds. The molecule has 0 saturated carbocycles. The molecule has 2 aromatic carbocycles. The average Bonchev–Trinajstić information content (AvgIpc) is 2.83. The summed E-state index contributed by atoms with van der Waals surface area (Å²) in [5, 5.41) is 0.181. The van der Waals surface area contributed by atoms with Gasteiger partial charge in [0.1, 0.15) is 5.82 Å². The Morgan fingerprint density at radius 2 is 2.00 bits per heavy atom. The van der Waals surface area contributed by atoms with Crippen LogP contribution in [0.1, 0.15) is 23.1 Å². The minimum absolute atomic E-state index is 0.0439. The highest BCUT2D eigenvalue weighted by Gasteiger charge is 2.37. The molecular formula is C17H17ClFN. The fraction of sp³-hybridized carbons (Fsp3) is 0.294. The third-order valence-corrected chi connectivity index (χ3v) is 4.67. The van der Waals surface area contributed by atoms with E-state index in [9.17, 15) is 4.39 Å². The van der Waals surface area contributed by atoms with Gasteiger partial charge in [0.2, 0.25) is 0 Å². The maximum Gasteiger partial charge on any atom is 0.141 e. The Hall–Kier alpha value is -1.38. The molecule has 0 aliphatic heterocycles. The molecule has 1 unspecified atom stereocenters. The zero-order chi connectivity index (χ0) is 14.2. The van der Waals surface area contributed by atoms with Crippen LogP contribution < -0.4 is 5.73 Å². The van der Waals surface area contributed by atoms with Crippen molar-refractivity contribution in [2.75, 3.05) is 6.54 Å².